The summed E-state index contributed by atoms with van der Waals surface area (Å²) in [6.07, 6.45) is 2.81. The largest absolute Gasteiger partial charge is 0.344 e. The minimum atomic E-state index is -3.53. The molecule has 0 heterocycles. The number of hydrogen-bond donors (Lipinski definition) is 3. The van der Waals surface area contributed by atoms with Crippen LogP contribution in [0.4, 0.5) is 5.69 Å². The van der Waals surface area contributed by atoms with Crippen LogP contribution in [0, 0.1) is 11.8 Å². The predicted octanol–water partition coefficient (Wildman–Crippen LogP) is 3.57. The zero-order valence-electron chi connectivity index (χ0n) is 17.9. The molecule has 2 amide bonds. The molecule has 0 radical (unpaired) electrons. The van der Waals surface area contributed by atoms with E-state index in [1.54, 1.807) is 61.5 Å². The highest BCUT2D eigenvalue weighted by molar-refractivity contribution is 7.89. The van der Waals surface area contributed by atoms with E-state index in [-0.39, 0.29) is 28.5 Å². The predicted molar refractivity (Wildman–Crippen MR) is 125 cm³/mol. The average Bonchev–Trinajstić information content (AvgIpc) is 2.78. The third-order valence-corrected chi connectivity index (χ3v) is 7.35. The molecule has 1 atom stereocenters. The van der Waals surface area contributed by atoms with Crippen molar-refractivity contribution in [3.8, 4) is 0 Å². The van der Waals surface area contributed by atoms with E-state index in [0.29, 0.717) is 30.1 Å². The second-order valence-corrected chi connectivity index (χ2v) is 10.3. The molecule has 32 heavy (non-hydrogen) atoms. The van der Waals surface area contributed by atoms with E-state index >= 15 is 0 Å². The summed E-state index contributed by atoms with van der Waals surface area (Å²) < 4.78 is 27.4. The standard InChI is InChI=1S/C23H28ClN3O4S/c1-16(22(28)27-20-7-5-6-19(24)14-20)26-23(29)18-12-10-17(11-13-18)15-25-32(30,31)21-8-3-2-4-9-21/h2-9,14,16-18,25H,10-13,15H2,1H3,(H,26,29)(H,27,28)/t16-,17?,18?/m1/s1. The highest BCUT2D eigenvalue weighted by Crippen LogP contribution is 2.29. The molecule has 172 valence electrons. The van der Waals surface area contributed by atoms with Gasteiger partial charge >= 0.3 is 0 Å². The van der Waals surface area contributed by atoms with Gasteiger partial charge in [0.1, 0.15) is 6.04 Å². The van der Waals surface area contributed by atoms with E-state index in [4.69, 9.17) is 11.6 Å². The van der Waals surface area contributed by atoms with Gasteiger partial charge in [-0.3, -0.25) is 9.59 Å². The van der Waals surface area contributed by atoms with Gasteiger partial charge in [-0.1, -0.05) is 35.9 Å². The summed E-state index contributed by atoms with van der Waals surface area (Å²) in [5.74, 6) is -0.467. The van der Waals surface area contributed by atoms with E-state index in [9.17, 15) is 18.0 Å². The molecular formula is C23H28ClN3O4S. The van der Waals surface area contributed by atoms with E-state index < -0.39 is 16.1 Å². The van der Waals surface area contributed by atoms with Gasteiger partial charge in [0.2, 0.25) is 21.8 Å². The highest BCUT2D eigenvalue weighted by Gasteiger charge is 2.29. The summed E-state index contributed by atoms with van der Waals surface area (Å²) >= 11 is 5.93. The molecule has 1 aliphatic rings. The van der Waals surface area contributed by atoms with Gasteiger partial charge < -0.3 is 10.6 Å². The van der Waals surface area contributed by atoms with Crippen molar-refractivity contribution in [2.45, 2.75) is 43.5 Å². The Labute approximate surface area is 194 Å². The topological polar surface area (TPSA) is 104 Å². The monoisotopic (exact) mass is 477 g/mol. The third-order valence-electron chi connectivity index (χ3n) is 5.68. The summed E-state index contributed by atoms with van der Waals surface area (Å²) in [6, 6.07) is 14.4. The maximum absolute atomic E-state index is 12.6. The van der Waals surface area contributed by atoms with Gasteiger partial charge in [-0.25, -0.2) is 13.1 Å². The second-order valence-electron chi connectivity index (χ2n) is 8.11. The molecule has 0 saturated heterocycles. The van der Waals surface area contributed by atoms with Crippen molar-refractivity contribution in [2.75, 3.05) is 11.9 Å². The molecule has 2 aromatic carbocycles. The normalized spacial score (nSPS) is 19.7. The Morgan fingerprint density at radius 3 is 2.38 bits per heavy atom. The van der Waals surface area contributed by atoms with Crippen LogP contribution in [-0.4, -0.2) is 32.8 Å². The lowest BCUT2D eigenvalue weighted by molar-refractivity contribution is -0.129. The molecule has 0 spiro atoms. The lowest BCUT2D eigenvalue weighted by Crippen LogP contribution is -2.45. The van der Waals surface area contributed by atoms with Gasteiger partial charge in [-0.05, 0) is 68.9 Å². The number of benzene rings is 2. The van der Waals surface area contributed by atoms with Crippen molar-refractivity contribution in [3.63, 3.8) is 0 Å². The Morgan fingerprint density at radius 1 is 1.03 bits per heavy atom. The summed E-state index contributed by atoms with van der Waals surface area (Å²) in [5.41, 5.74) is 0.571. The summed E-state index contributed by atoms with van der Waals surface area (Å²) in [7, 11) is -3.53. The Kier molecular flexibility index (Phi) is 8.28. The fourth-order valence-electron chi connectivity index (χ4n) is 3.75. The molecule has 0 unspecified atom stereocenters. The molecule has 7 nitrogen and oxygen atoms in total. The van der Waals surface area contributed by atoms with Gasteiger partial charge in [-0.2, -0.15) is 0 Å². The van der Waals surface area contributed by atoms with E-state index in [1.807, 2.05) is 0 Å². The van der Waals surface area contributed by atoms with Crippen molar-refractivity contribution in [2.24, 2.45) is 11.8 Å². The summed E-state index contributed by atoms with van der Waals surface area (Å²) in [6.45, 7) is 1.99. The maximum Gasteiger partial charge on any atom is 0.246 e. The minimum absolute atomic E-state index is 0.151. The number of carbonyl (C=O) groups excluding carboxylic acids is 2. The maximum atomic E-state index is 12.6. The Morgan fingerprint density at radius 2 is 1.72 bits per heavy atom. The van der Waals surface area contributed by atoms with Gasteiger partial charge in [0, 0.05) is 23.2 Å². The van der Waals surface area contributed by atoms with Crippen molar-refractivity contribution >= 4 is 39.1 Å². The first-order valence-corrected chi connectivity index (χ1v) is 12.5. The summed E-state index contributed by atoms with van der Waals surface area (Å²) in [5, 5.41) is 6.04. The van der Waals surface area contributed by atoms with Crippen molar-refractivity contribution < 1.29 is 18.0 Å². The van der Waals surface area contributed by atoms with Gasteiger partial charge in [-0.15, -0.1) is 0 Å². The van der Waals surface area contributed by atoms with Crippen LogP contribution in [0.3, 0.4) is 0 Å². The number of rotatable bonds is 8. The first-order chi connectivity index (χ1) is 15.2. The molecule has 1 fully saturated rings. The number of halogens is 1. The first kappa shape index (κ1) is 24.2. The van der Waals surface area contributed by atoms with Crippen LogP contribution in [0.25, 0.3) is 0 Å². The fraction of sp³-hybridized carbons (Fsp3) is 0.391. The molecule has 2 aromatic rings. The molecule has 0 aliphatic heterocycles. The summed E-state index contributed by atoms with van der Waals surface area (Å²) in [4.78, 5) is 25.2. The van der Waals surface area contributed by atoms with Crippen LogP contribution in [0.1, 0.15) is 32.6 Å². The molecule has 1 aliphatic carbocycles. The number of sulfonamides is 1. The van der Waals surface area contributed by atoms with Gasteiger partial charge in [0.05, 0.1) is 4.90 Å². The number of hydrogen-bond acceptors (Lipinski definition) is 4. The highest BCUT2D eigenvalue weighted by atomic mass is 35.5. The molecule has 9 heteroatoms. The molecule has 3 rings (SSSR count). The molecule has 3 N–H and O–H groups in total. The van der Waals surface area contributed by atoms with Gasteiger partial charge in [0.25, 0.3) is 0 Å². The number of carbonyl (C=O) groups is 2. The third kappa shape index (κ3) is 6.79. The minimum Gasteiger partial charge on any atom is -0.344 e. The zero-order chi connectivity index (χ0) is 23.1. The van der Waals surface area contributed by atoms with Crippen molar-refractivity contribution in [3.05, 3.63) is 59.6 Å². The Bertz CT molecular complexity index is 1040. The quantitative estimate of drug-likeness (QED) is 0.540. The van der Waals surface area contributed by atoms with Crippen LogP contribution >= 0.6 is 11.6 Å². The van der Waals surface area contributed by atoms with Crippen LogP contribution < -0.4 is 15.4 Å². The van der Waals surface area contributed by atoms with E-state index in [2.05, 4.69) is 15.4 Å². The molecule has 0 bridgehead atoms. The van der Waals surface area contributed by atoms with Crippen LogP contribution in [0.5, 0.6) is 0 Å². The van der Waals surface area contributed by atoms with Crippen LogP contribution in [-0.2, 0) is 19.6 Å². The van der Waals surface area contributed by atoms with Gasteiger partial charge in [0.15, 0.2) is 0 Å². The Hall–Kier alpha value is -2.42. The van der Waals surface area contributed by atoms with Crippen LogP contribution in [0.15, 0.2) is 59.5 Å². The lowest BCUT2D eigenvalue weighted by Gasteiger charge is -2.28. The Balaban J connectivity index is 1.42. The fourth-order valence-corrected chi connectivity index (χ4v) is 5.08. The molecule has 0 aromatic heterocycles. The molecular weight excluding hydrogens is 450 g/mol. The number of amides is 2. The first-order valence-electron chi connectivity index (χ1n) is 10.7. The number of nitrogens with one attached hydrogen (secondary N) is 3. The van der Waals surface area contributed by atoms with E-state index in [1.165, 1.54) is 0 Å². The zero-order valence-corrected chi connectivity index (χ0v) is 19.5. The smallest absolute Gasteiger partial charge is 0.246 e. The SMILES string of the molecule is C[C@@H](NC(=O)C1CCC(CNS(=O)(=O)c2ccccc2)CC1)C(=O)Nc1cccc(Cl)c1. The molecule has 1 saturated carbocycles. The van der Waals surface area contributed by atoms with Crippen LogP contribution in [0.2, 0.25) is 5.02 Å². The van der Waals surface area contributed by atoms with Crippen molar-refractivity contribution in [1.29, 1.82) is 0 Å². The number of anilines is 1. The van der Waals surface area contributed by atoms with E-state index in [0.717, 1.165) is 12.8 Å². The second kappa shape index (κ2) is 10.9. The lowest BCUT2D eigenvalue weighted by atomic mass is 9.81. The average molecular weight is 478 g/mol. The van der Waals surface area contributed by atoms with Crippen molar-refractivity contribution in [1.82, 2.24) is 10.0 Å².